The van der Waals surface area contributed by atoms with Gasteiger partial charge in [-0.2, -0.15) is 0 Å². The lowest BCUT2D eigenvalue weighted by Gasteiger charge is -2.27. The molecule has 1 aromatic heterocycles. The van der Waals surface area contributed by atoms with E-state index in [9.17, 15) is 0 Å². The summed E-state index contributed by atoms with van der Waals surface area (Å²) in [5, 5.41) is 0.643. The first-order valence-corrected chi connectivity index (χ1v) is 11.8. The first-order valence-electron chi connectivity index (χ1n) is 11.5. The molecular weight excluding hydrogens is 380 g/mol. The van der Waals surface area contributed by atoms with Crippen molar-refractivity contribution in [2.75, 3.05) is 6.61 Å². The molecule has 1 aromatic carbocycles. The van der Waals surface area contributed by atoms with Gasteiger partial charge in [-0.3, -0.25) is 0 Å². The van der Waals surface area contributed by atoms with E-state index in [1.807, 2.05) is 30.6 Å². The van der Waals surface area contributed by atoms with Gasteiger partial charge in [0.25, 0.3) is 0 Å². The van der Waals surface area contributed by atoms with Gasteiger partial charge in [-0.05, 0) is 55.7 Å². The van der Waals surface area contributed by atoms with Crippen LogP contribution in [-0.2, 0) is 0 Å². The Bertz CT molecular complexity index is 739. The van der Waals surface area contributed by atoms with Gasteiger partial charge in [-0.25, -0.2) is 9.97 Å². The van der Waals surface area contributed by atoms with Crippen molar-refractivity contribution >= 4 is 11.6 Å². The van der Waals surface area contributed by atoms with Crippen molar-refractivity contribution in [3.05, 3.63) is 41.4 Å². The molecule has 2 aromatic rings. The molecule has 3 nitrogen and oxygen atoms in total. The Balaban J connectivity index is 1.56. The highest BCUT2D eigenvalue weighted by Crippen LogP contribution is 2.37. The Kier molecular flexibility index (Phi) is 8.79. The lowest BCUT2D eigenvalue weighted by atomic mass is 9.79. The van der Waals surface area contributed by atoms with E-state index >= 15 is 0 Å². The molecule has 1 aliphatic rings. The molecule has 0 spiro atoms. The van der Waals surface area contributed by atoms with E-state index in [1.54, 1.807) is 0 Å². The average Bonchev–Trinajstić information content (AvgIpc) is 2.76. The molecular formula is C25H35ClN2O. The fraction of sp³-hybridized carbons (Fsp3) is 0.600. The van der Waals surface area contributed by atoms with Gasteiger partial charge in [0.15, 0.2) is 0 Å². The van der Waals surface area contributed by atoms with Gasteiger partial charge in [0.2, 0.25) is 0 Å². The number of hydrogen-bond acceptors (Lipinski definition) is 3. The van der Waals surface area contributed by atoms with E-state index in [1.165, 1.54) is 51.4 Å². The Hall–Kier alpha value is -1.61. The predicted molar refractivity (Wildman–Crippen MR) is 122 cm³/mol. The minimum absolute atomic E-state index is 0.518. The third-order valence-corrected chi connectivity index (χ3v) is 6.42. The second-order valence-electron chi connectivity index (χ2n) is 8.39. The summed E-state index contributed by atoms with van der Waals surface area (Å²) in [7, 11) is 0. The number of aromatic nitrogens is 2. The van der Waals surface area contributed by atoms with Crippen molar-refractivity contribution in [2.24, 2.45) is 5.92 Å². The monoisotopic (exact) mass is 414 g/mol. The van der Waals surface area contributed by atoms with E-state index in [2.05, 4.69) is 13.8 Å². The van der Waals surface area contributed by atoms with Crippen molar-refractivity contribution < 1.29 is 4.74 Å². The van der Waals surface area contributed by atoms with E-state index in [4.69, 9.17) is 26.3 Å². The van der Waals surface area contributed by atoms with E-state index in [0.29, 0.717) is 17.5 Å². The van der Waals surface area contributed by atoms with Crippen molar-refractivity contribution in [2.45, 2.75) is 84.0 Å². The molecule has 0 amide bonds. The molecule has 0 atom stereocenters. The molecule has 0 bridgehead atoms. The summed E-state index contributed by atoms with van der Waals surface area (Å²) in [6.45, 7) is 5.13. The molecule has 4 heteroatoms. The summed E-state index contributed by atoms with van der Waals surface area (Å²) in [5.74, 6) is 3.19. The van der Waals surface area contributed by atoms with Gasteiger partial charge in [-0.1, -0.05) is 63.6 Å². The van der Waals surface area contributed by atoms with Crippen LogP contribution in [0.2, 0.25) is 5.02 Å². The van der Waals surface area contributed by atoms with Crippen LogP contribution in [0.4, 0.5) is 0 Å². The zero-order chi connectivity index (χ0) is 20.5. The van der Waals surface area contributed by atoms with Crippen molar-refractivity contribution in [1.82, 2.24) is 9.97 Å². The molecule has 29 heavy (non-hydrogen) atoms. The number of halogens is 1. The summed E-state index contributed by atoms with van der Waals surface area (Å²) in [6.07, 6.45) is 16.6. The Labute approximate surface area is 181 Å². The maximum absolute atomic E-state index is 6.40. The number of benzene rings is 1. The lowest BCUT2D eigenvalue weighted by molar-refractivity contribution is 0.297. The van der Waals surface area contributed by atoms with E-state index in [-0.39, 0.29) is 0 Å². The quantitative estimate of drug-likeness (QED) is 0.371. The van der Waals surface area contributed by atoms with Crippen LogP contribution in [-0.4, -0.2) is 16.6 Å². The van der Waals surface area contributed by atoms with Crippen LogP contribution in [0.25, 0.3) is 11.1 Å². The van der Waals surface area contributed by atoms with Crippen molar-refractivity contribution in [1.29, 1.82) is 0 Å². The third-order valence-electron chi connectivity index (χ3n) is 6.12. The highest BCUT2D eigenvalue weighted by atomic mass is 35.5. The Morgan fingerprint density at radius 1 is 0.931 bits per heavy atom. The van der Waals surface area contributed by atoms with Crippen molar-refractivity contribution in [3.63, 3.8) is 0 Å². The van der Waals surface area contributed by atoms with Crippen LogP contribution in [0.3, 0.4) is 0 Å². The highest BCUT2D eigenvalue weighted by molar-refractivity contribution is 6.32. The third kappa shape index (κ3) is 6.44. The second kappa shape index (κ2) is 11.5. The predicted octanol–water partition coefficient (Wildman–Crippen LogP) is 7.83. The molecule has 1 fully saturated rings. The van der Waals surface area contributed by atoms with E-state index in [0.717, 1.165) is 41.5 Å². The topological polar surface area (TPSA) is 35.0 Å². The van der Waals surface area contributed by atoms with Gasteiger partial charge in [-0.15, -0.1) is 0 Å². The molecule has 0 saturated heterocycles. The fourth-order valence-electron chi connectivity index (χ4n) is 4.21. The zero-order valence-corrected chi connectivity index (χ0v) is 18.8. The molecule has 0 aliphatic heterocycles. The van der Waals surface area contributed by atoms with Gasteiger partial charge in [0, 0.05) is 23.9 Å². The minimum atomic E-state index is 0.518. The largest absolute Gasteiger partial charge is 0.492 e. The van der Waals surface area contributed by atoms with Crippen LogP contribution in [0.1, 0.15) is 89.8 Å². The molecule has 1 heterocycles. The SMILES string of the molecule is CCCCC[C@H]1CC[C@H](c2ncc(-c3ccc(OCCCC)c(Cl)c3)cn2)CC1. The summed E-state index contributed by atoms with van der Waals surface area (Å²) in [6, 6.07) is 5.93. The van der Waals surface area contributed by atoms with Crippen LogP contribution in [0.15, 0.2) is 30.6 Å². The minimum Gasteiger partial charge on any atom is -0.492 e. The summed E-state index contributed by atoms with van der Waals surface area (Å²) in [5.41, 5.74) is 2.04. The van der Waals surface area contributed by atoms with Crippen LogP contribution < -0.4 is 4.74 Å². The average molecular weight is 415 g/mol. The lowest BCUT2D eigenvalue weighted by Crippen LogP contribution is -2.15. The van der Waals surface area contributed by atoms with Gasteiger partial charge < -0.3 is 4.74 Å². The zero-order valence-electron chi connectivity index (χ0n) is 18.0. The number of nitrogens with zero attached hydrogens (tertiary/aromatic N) is 2. The number of unbranched alkanes of at least 4 members (excludes halogenated alkanes) is 3. The smallest absolute Gasteiger partial charge is 0.137 e. The Morgan fingerprint density at radius 2 is 1.66 bits per heavy atom. The Morgan fingerprint density at radius 3 is 2.31 bits per heavy atom. The summed E-state index contributed by atoms with van der Waals surface area (Å²) >= 11 is 6.40. The van der Waals surface area contributed by atoms with Gasteiger partial charge in [0.05, 0.1) is 11.6 Å². The first-order chi connectivity index (χ1) is 14.2. The number of ether oxygens (including phenoxy) is 1. The number of rotatable bonds is 10. The maximum Gasteiger partial charge on any atom is 0.137 e. The van der Waals surface area contributed by atoms with E-state index < -0.39 is 0 Å². The van der Waals surface area contributed by atoms with Gasteiger partial charge >= 0.3 is 0 Å². The van der Waals surface area contributed by atoms with Crippen LogP contribution >= 0.6 is 11.6 Å². The molecule has 0 unspecified atom stereocenters. The molecule has 1 aliphatic carbocycles. The normalized spacial score (nSPS) is 19.3. The summed E-state index contributed by atoms with van der Waals surface area (Å²) in [4.78, 5) is 9.41. The second-order valence-corrected chi connectivity index (χ2v) is 8.80. The maximum atomic E-state index is 6.40. The summed E-state index contributed by atoms with van der Waals surface area (Å²) < 4.78 is 5.74. The standard InChI is InChI=1S/C25H35ClN2O/c1-3-5-7-8-19-9-11-20(12-10-19)25-27-17-22(18-28-25)21-13-14-24(23(26)16-21)29-15-6-4-2/h13-14,16-20H,3-12,15H2,1-2H3/t19-,20-. The molecule has 1 saturated carbocycles. The number of hydrogen-bond donors (Lipinski definition) is 0. The van der Waals surface area contributed by atoms with Gasteiger partial charge in [0.1, 0.15) is 11.6 Å². The first kappa shape index (κ1) is 22.1. The van der Waals surface area contributed by atoms with Crippen molar-refractivity contribution in [3.8, 4) is 16.9 Å². The molecule has 0 radical (unpaired) electrons. The molecule has 3 rings (SSSR count). The highest BCUT2D eigenvalue weighted by Gasteiger charge is 2.23. The fourth-order valence-corrected chi connectivity index (χ4v) is 4.45. The van der Waals surface area contributed by atoms with Crippen LogP contribution in [0.5, 0.6) is 5.75 Å². The van der Waals surface area contributed by atoms with Crippen LogP contribution in [0, 0.1) is 5.92 Å². The molecule has 158 valence electrons. The molecule has 0 N–H and O–H groups in total.